The molecule has 0 aliphatic carbocycles. The first-order valence-corrected chi connectivity index (χ1v) is 8.45. The van der Waals surface area contributed by atoms with Gasteiger partial charge in [0.1, 0.15) is 11.3 Å². The monoisotopic (exact) mass is 401 g/mol. The Bertz CT molecular complexity index is 993. The van der Waals surface area contributed by atoms with Crippen molar-refractivity contribution in [3.63, 3.8) is 0 Å². The van der Waals surface area contributed by atoms with Gasteiger partial charge in [0, 0.05) is 27.2 Å². The summed E-state index contributed by atoms with van der Waals surface area (Å²) >= 11 is 3.34. The van der Waals surface area contributed by atoms with Crippen LogP contribution in [0.5, 0.6) is 5.75 Å². The number of anilines is 1. The minimum atomic E-state index is -0.404. The Labute approximate surface area is 152 Å². The number of amides is 1. The highest BCUT2D eigenvalue weighted by atomic mass is 79.9. The lowest BCUT2D eigenvalue weighted by atomic mass is 10.1. The minimum absolute atomic E-state index is 0.140. The summed E-state index contributed by atoms with van der Waals surface area (Å²) < 4.78 is 11.8. The van der Waals surface area contributed by atoms with E-state index in [0.29, 0.717) is 22.6 Å². The maximum atomic E-state index is 12.0. The summed E-state index contributed by atoms with van der Waals surface area (Å²) in [6.07, 6.45) is 0. The number of fused-ring (bicyclic) bond motifs is 1. The summed E-state index contributed by atoms with van der Waals surface area (Å²) in [7, 11) is 0. The van der Waals surface area contributed by atoms with Crippen molar-refractivity contribution in [1.29, 1.82) is 0 Å². The van der Waals surface area contributed by atoms with Crippen LogP contribution in [0.4, 0.5) is 5.69 Å². The van der Waals surface area contributed by atoms with Crippen LogP contribution in [0.15, 0.2) is 56.1 Å². The lowest BCUT2D eigenvalue weighted by Gasteiger charge is -2.11. The molecule has 0 radical (unpaired) electrons. The molecule has 2 aromatic carbocycles. The van der Waals surface area contributed by atoms with Gasteiger partial charge in [0.2, 0.25) is 0 Å². The number of aryl methyl sites for hydroxylation is 2. The molecule has 0 aliphatic rings. The largest absolute Gasteiger partial charge is 0.483 e. The highest BCUT2D eigenvalue weighted by Crippen LogP contribution is 2.28. The van der Waals surface area contributed by atoms with Crippen LogP contribution in [0.25, 0.3) is 11.0 Å². The Morgan fingerprint density at radius 3 is 2.60 bits per heavy atom. The number of ether oxygens (including phenoxy) is 1. The van der Waals surface area contributed by atoms with Crippen molar-refractivity contribution < 1.29 is 13.9 Å². The number of hydrogen-bond donors (Lipinski definition) is 1. The molecular formula is C19H16BrNO4. The van der Waals surface area contributed by atoms with E-state index in [0.717, 1.165) is 15.4 Å². The van der Waals surface area contributed by atoms with E-state index in [-0.39, 0.29) is 12.5 Å². The first-order valence-electron chi connectivity index (χ1n) is 7.66. The molecule has 0 atom stereocenters. The fourth-order valence-corrected chi connectivity index (χ4v) is 2.79. The van der Waals surface area contributed by atoms with Crippen LogP contribution in [0, 0.1) is 13.8 Å². The highest BCUT2D eigenvalue weighted by molar-refractivity contribution is 9.10. The molecule has 3 aromatic rings. The second-order valence-corrected chi connectivity index (χ2v) is 6.57. The van der Waals surface area contributed by atoms with Gasteiger partial charge in [-0.05, 0) is 55.8 Å². The Morgan fingerprint density at radius 1 is 1.16 bits per heavy atom. The van der Waals surface area contributed by atoms with E-state index in [2.05, 4.69) is 21.2 Å². The van der Waals surface area contributed by atoms with Gasteiger partial charge in [-0.2, -0.15) is 0 Å². The Hall–Kier alpha value is -2.60. The smallest absolute Gasteiger partial charge is 0.336 e. The molecule has 1 amide bonds. The molecule has 128 valence electrons. The first kappa shape index (κ1) is 17.2. The van der Waals surface area contributed by atoms with Gasteiger partial charge in [-0.1, -0.05) is 15.9 Å². The number of hydrogen-bond acceptors (Lipinski definition) is 4. The van der Waals surface area contributed by atoms with E-state index < -0.39 is 5.63 Å². The molecule has 0 saturated carbocycles. The minimum Gasteiger partial charge on any atom is -0.483 e. The summed E-state index contributed by atoms with van der Waals surface area (Å²) in [5.41, 5.74) is 2.30. The third-order valence-electron chi connectivity index (χ3n) is 3.80. The number of carbonyl (C=O) groups is 1. The first-order chi connectivity index (χ1) is 11.9. The van der Waals surface area contributed by atoms with Crippen LogP contribution in [0.3, 0.4) is 0 Å². The van der Waals surface area contributed by atoms with Gasteiger partial charge >= 0.3 is 5.63 Å². The zero-order chi connectivity index (χ0) is 18.0. The van der Waals surface area contributed by atoms with E-state index in [4.69, 9.17) is 9.15 Å². The van der Waals surface area contributed by atoms with Crippen LogP contribution in [-0.4, -0.2) is 12.5 Å². The Kier molecular flexibility index (Phi) is 4.90. The van der Waals surface area contributed by atoms with Crippen LogP contribution < -0.4 is 15.7 Å². The molecule has 0 aliphatic heterocycles. The van der Waals surface area contributed by atoms with E-state index in [1.165, 1.54) is 6.07 Å². The van der Waals surface area contributed by atoms with Crippen molar-refractivity contribution >= 4 is 38.5 Å². The maximum Gasteiger partial charge on any atom is 0.336 e. The molecular weight excluding hydrogens is 386 g/mol. The van der Waals surface area contributed by atoms with Gasteiger partial charge in [0.25, 0.3) is 5.91 Å². The van der Waals surface area contributed by atoms with Crippen LogP contribution >= 0.6 is 15.9 Å². The number of carbonyl (C=O) groups excluding carboxylic acids is 1. The van der Waals surface area contributed by atoms with Crippen LogP contribution in [0.2, 0.25) is 0 Å². The average molecular weight is 402 g/mol. The van der Waals surface area contributed by atoms with Crippen molar-refractivity contribution in [1.82, 2.24) is 0 Å². The molecule has 1 N–H and O–H groups in total. The maximum absolute atomic E-state index is 12.0. The van der Waals surface area contributed by atoms with Crippen molar-refractivity contribution in [2.75, 3.05) is 11.9 Å². The summed E-state index contributed by atoms with van der Waals surface area (Å²) in [6, 6.07) is 12.3. The van der Waals surface area contributed by atoms with E-state index >= 15 is 0 Å². The molecule has 5 nitrogen and oxygen atoms in total. The van der Waals surface area contributed by atoms with Crippen molar-refractivity contribution in [3.05, 3.63) is 68.5 Å². The predicted molar refractivity (Wildman–Crippen MR) is 100 cm³/mol. The topological polar surface area (TPSA) is 68.5 Å². The van der Waals surface area contributed by atoms with Gasteiger partial charge in [-0.3, -0.25) is 4.79 Å². The molecule has 6 heteroatoms. The van der Waals surface area contributed by atoms with Crippen LogP contribution in [0.1, 0.15) is 11.1 Å². The van der Waals surface area contributed by atoms with Gasteiger partial charge in [-0.25, -0.2) is 4.79 Å². The summed E-state index contributed by atoms with van der Waals surface area (Å²) in [5, 5.41) is 3.61. The van der Waals surface area contributed by atoms with Gasteiger partial charge in [0.15, 0.2) is 6.61 Å². The van der Waals surface area contributed by atoms with Crippen molar-refractivity contribution in [3.8, 4) is 5.75 Å². The van der Waals surface area contributed by atoms with E-state index in [1.807, 2.05) is 25.1 Å². The predicted octanol–water partition coefficient (Wildman–Crippen LogP) is 4.19. The lowest BCUT2D eigenvalue weighted by Crippen LogP contribution is -2.20. The standard InChI is InChI=1S/C19H16BrNO4/c1-11-9-18(23)25-19-12(2)16(8-7-15(11)19)24-10-17(22)21-14-5-3-13(20)4-6-14/h3-9H,10H2,1-2H3,(H,21,22). The SMILES string of the molecule is Cc1cc(=O)oc2c(C)c(OCC(=O)Nc3ccc(Br)cc3)ccc12. The quantitative estimate of drug-likeness (QED) is 0.665. The second kappa shape index (κ2) is 7.11. The summed E-state index contributed by atoms with van der Waals surface area (Å²) in [5.74, 6) is 0.236. The van der Waals surface area contributed by atoms with Crippen molar-refractivity contribution in [2.24, 2.45) is 0 Å². The Morgan fingerprint density at radius 2 is 1.88 bits per heavy atom. The molecule has 0 fully saturated rings. The molecule has 3 rings (SSSR count). The van der Waals surface area contributed by atoms with Crippen molar-refractivity contribution in [2.45, 2.75) is 13.8 Å². The second-order valence-electron chi connectivity index (χ2n) is 5.66. The average Bonchev–Trinajstić information content (AvgIpc) is 2.57. The van der Waals surface area contributed by atoms with E-state index in [9.17, 15) is 9.59 Å². The van der Waals surface area contributed by atoms with Gasteiger partial charge in [0.05, 0.1) is 0 Å². The zero-order valence-electron chi connectivity index (χ0n) is 13.8. The van der Waals surface area contributed by atoms with E-state index in [1.54, 1.807) is 25.1 Å². The third-order valence-corrected chi connectivity index (χ3v) is 4.33. The number of nitrogens with one attached hydrogen (secondary N) is 1. The lowest BCUT2D eigenvalue weighted by molar-refractivity contribution is -0.118. The molecule has 0 bridgehead atoms. The fourth-order valence-electron chi connectivity index (χ4n) is 2.53. The molecule has 0 spiro atoms. The molecule has 25 heavy (non-hydrogen) atoms. The third kappa shape index (κ3) is 3.91. The van der Waals surface area contributed by atoms with Gasteiger partial charge in [-0.15, -0.1) is 0 Å². The van der Waals surface area contributed by atoms with Gasteiger partial charge < -0.3 is 14.5 Å². The number of rotatable bonds is 4. The fraction of sp³-hybridized carbons (Fsp3) is 0.158. The number of halogens is 1. The highest BCUT2D eigenvalue weighted by Gasteiger charge is 2.11. The molecule has 1 aromatic heterocycles. The Balaban J connectivity index is 1.74. The normalized spacial score (nSPS) is 10.7. The summed E-state index contributed by atoms with van der Waals surface area (Å²) in [6.45, 7) is 3.51. The van der Waals surface area contributed by atoms with Crippen LogP contribution in [-0.2, 0) is 4.79 Å². The molecule has 0 saturated heterocycles. The summed E-state index contributed by atoms with van der Waals surface area (Å²) in [4.78, 5) is 23.6. The number of benzene rings is 2. The molecule has 1 heterocycles. The zero-order valence-corrected chi connectivity index (χ0v) is 15.3. The molecule has 0 unspecified atom stereocenters.